The Morgan fingerprint density at radius 1 is 1.04 bits per heavy atom. The van der Waals surface area contributed by atoms with Gasteiger partial charge in [0.25, 0.3) is 11.6 Å². The highest BCUT2D eigenvalue weighted by molar-refractivity contribution is 6.03. The van der Waals surface area contributed by atoms with Crippen LogP contribution in [0.25, 0.3) is 10.8 Å². The zero-order chi connectivity index (χ0) is 17.8. The van der Waals surface area contributed by atoms with E-state index in [1.807, 2.05) is 42.5 Å². The normalized spacial score (nSPS) is 11.7. The van der Waals surface area contributed by atoms with Crippen LogP contribution in [0.15, 0.2) is 66.7 Å². The molecular formula is C19H16N2O4. The number of carbonyl (C=O) groups is 1. The molecule has 0 fully saturated rings. The maximum atomic E-state index is 12.4. The van der Waals surface area contributed by atoms with Crippen LogP contribution in [-0.4, -0.2) is 16.9 Å². The predicted molar refractivity (Wildman–Crippen MR) is 95.8 cm³/mol. The van der Waals surface area contributed by atoms with Crippen LogP contribution in [-0.2, 0) is 4.79 Å². The van der Waals surface area contributed by atoms with Crippen LogP contribution in [0.1, 0.15) is 6.92 Å². The van der Waals surface area contributed by atoms with Gasteiger partial charge in [0.2, 0.25) is 0 Å². The minimum Gasteiger partial charge on any atom is -0.481 e. The molecule has 126 valence electrons. The Morgan fingerprint density at radius 2 is 1.72 bits per heavy atom. The summed E-state index contributed by atoms with van der Waals surface area (Å²) in [6.45, 7) is 1.63. The SMILES string of the molecule is C[C@@H](Oc1ccc([N+](=O)[O-])cc1)C(=O)Nc1cccc2ccccc12. The molecule has 6 heteroatoms. The van der Waals surface area contributed by atoms with E-state index in [9.17, 15) is 14.9 Å². The van der Waals surface area contributed by atoms with E-state index in [0.717, 1.165) is 10.8 Å². The fourth-order valence-electron chi connectivity index (χ4n) is 2.47. The summed E-state index contributed by atoms with van der Waals surface area (Å²) in [5.41, 5.74) is 0.683. The molecule has 0 aliphatic carbocycles. The molecule has 0 saturated carbocycles. The molecule has 0 heterocycles. The molecule has 0 aliphatic heterocycles. The van der Waals surface area contributed by atoms with E-state index in [1.54, 1.807) is 6.92 Å². The molecule has 3 aromatic carbocycles. The lowest BCUT2D eigenvalue weighted by atomic mass is 10.1. The van der Waals surface area contributed by atoms with Gasteiger partial charge >= 0.3 is 0 Å². The summed E-state index contributed by atoms with van der Waals surface area (Å²) in [7, 11) is 0. The van der Waals surface area contributed by atoms with E-state index in [2.05, 4.69) is 5.32 Å². The highest BCUT2D eigenvalue weighted by Gasteiger charge is 2.16. The first-order valence-corrected chi connectivity index (χ1v) is 7.74. The number of hydrogen-bond acceptors (Lipinski definition) is 4. The van der Waals surface area contributed by atoms with Crippen molar-refractivity contribution in [1.29, 1.82) is 0 Å². The fourth-order valence-corrected chi connectivity index (χ4v) is 2.47. The molecule has 1 N–H and O–H groups in total. The zero-order valence-electron chi connectivity index (χ0n) is 13.5. The molecule has 0 bridgehead atoms. The van der Waals surface area contributed by atoms with Gasteiger partial charge in [-0.1, -0.05) is 36.4 Å². The van der Waals surface area contributed by atoms with E-state index in [4.69, 9.17) is 4.74 Å². The minimum atomic E-state index is -0.750. The van der Waals surface area contributed by atoms with Crippen molar-refractivity contribution in [2.24, 2.45) is 0 Å². The molecule has 3 aromatic rings. The smallest absolute Gasteiger partial charge is 0.269 e. The Labute approximate surface area is 144 Å². The molecule has 6 nitrogen and oxygen atoms in total. The third kappa shape index (κ3) is 3.74. The van der Waals surface area contributed by atoms with Gasteiger partial charge in [0.15, 0.2) is 6.10 Å². The average molecular weight is 336 g/mol. The fraction of sp³-hybridized carbons (Fsp3) is 0.105. The van der Waals surface area contributed by atoms with Crippen molar-refractivity contribution >= 4 is 28.1 Å². The number of nitrogens with one attached hydrogen (secondary N) is 1. The van der Waals surface area contributed by atoms with Crippen molar-refractivity contribution in [3.8, 4) is 5.75 Å². The van der Waals surface area contributed by atoms with Crippen LogP contribution in [0, 0.1) is 10.1 Å². The number of nitrogens with zero attached hydrogens (tertiary/aromatic N) is 1. The number of carbonyl (C=O) groups excluding carboxylic acids is 1. The molecule has 1 amide bonds. The largest absolute Gasteiger partial charge is 0.481 e. The number of benzene rings is 3. The summed E-state index contributed by atoms with van der Waals surface area (Å²) in [4.78, 5) is 22.6. The molecule has 0 radical (unpaired) electrons. The van der Waals surface area contributed by atoms with Crippen molar-refractivity contribution in [2.75, 3.05) is 5.32 Å². The van der Waals surface area contributed by atoms with Crippen LogP contribution < -0.4 is 10.1 Å². The highest BCUT2D eigenvalue weighted by atomic mass is 16.6. The quantitative estimate of drug-likeness (QED) is 0.560. The van der Waals surface area contributed by atoms with Crippen LogP contribution in [0.5, 0.6) is 5.75 Å². The van der Waals surface area contributed by atoms with Gasteiger partial charge in [-0.25, -0.2) is 0 Å². The lowest BCUT2D eigenvalue weighted by Gasteiger charge is -2.15. The number of nitro groups is 1. The van der Waals surface area contributed by atoms with Gasteiger partial charge in [-0.15, -0.1) is 0 Å². The van der Waals surface area contributed by atoms with Gasteiger partial charge in [0, 0.05) is 23.2 Å². The first-order chi connectivity index (χ1) is 12.0. The van der Waals surface area contributed by atoms with Crippen molar-refractivity contribution in [3.63, 3.8) is 0 Å². The molecule has 0 unspecified atom stereocenters. The lowest BCUT2D eigenvalue weighted by Crippen LogP contribution is -2.30. The van der Waals surface area contributed by atoms with Gasteiger partial charge in [-0.05, 0) is 30.5 Å². The Hall–Kier alpha value is -3.41. The maximum absolute atomic E-state index is 12.4. The van der Waals surface area contributed by atoms with Crippen molar-refractivity contribution in [3.05, 3.63) is 76.8 Å². The summed E-state index contributed by atoms with van der Waals surface area (Å²) in [5.74, 6) is 0.0980. The Morgan fingerprint density at radius 3 is 2.44 bits per heavy atom. The van der Waals surface area contributed by atoms with Gasteiger partial charge in [-0.2, -0.15) is 0 Å². The summed E-state index contributed by atoms with van der Waals surface area (Å²) in [6.07, 6.45) is -0.750. The second-order valence-corrected chi connectivity index (χ2v) is 5.53. The number of nitro benzene ring substituents is 1. The average Bonchev–Trinajstić information content (AvgIpc) is 2.62. The van der Waals surface area contributed by atoms with Crippen LogP contribution in [0.4, 0.5) is 11.4 Å². The molecule has 1 atom stereocenters. The first kappa shape index (κ1) is 16.4. The summed E-state index contributed by atoms with van der Waals surface area (Å²) < 4.78 is 5.56. The van der Waals surface area contributed by atoms with E-state index < -0.39 is 11.0 Å². The van der Waals surface area contributed by atoms with E-state index in [0.29, 0.717) is 11.4 Å². The molecular weight excluding hydrogens is 320 g/mol. The van der Waals surface area contributed by atoms with E-state index in [1.165, 1.54) is 24.3 Å². The lowest BCUT2D eigenvalue weighted by molar-refractivity contribution is -0.384. The Bertz CT molecular complexity index is 917. The summed E-state index contributed by atoms with van der Waals surface area (Å²) in [5, 5.41) is 15.5. The molecule has 0 spiro atoms. The number of hydrogen-bond donors (Lipinski definition) is 1. The number of fused-ring (bicyclic) bond motifs is 1. The molecule has 25 heavy (non-hydrogen) atoms. The molecule has 0 aromatic heterocycles. The third-order valence-electron chi connectivity index (χ3n) is 3.78. The monoisotopic (exact) mass is 336 g/mol. The predicted octanol–water partition coefficient (Wildman–Crippen LogP) is 4.15. The van der Waals surface area contributed by atoms with Gasteiger partial charge in [0.05, 0.1) is 4.92 Å². The molecule has 0 aliphatic rings. The Kier molecular flexibility index (Phi) is 4.61. The zero-order valence-corrected chi connectivity index (χ0v) is 13.5. The van der Waals surface area contributed by atoms with Crippen molar-refractivity contribution in [2.45, 2.75) is 13.0 Å². The number of rotatable bonds is 5. The molecule has 0 saturated heterocycles. The number of amides is 1. The van der Waals surface area contributed by atoms with Crippen molar-refractivity contribution in [1.82, 2.24) is 0 Å². The molecule has 3 rings (SSSR count). The first-order valence-electron chi connectivity index (χ1n) is 7.74. The highest BCUT2D eigenvalue weighted by Crippen LogP contribution is 2.24. The van der Waals surface area contributed by atoms with Crippen LogP contribution >= 0.6 is 0 Å². The van der Waals surface area contributed by atoms with Gasteiger partial charge in [0.1, 0.15) is 5.75 Å². The number of non-ortho nitro benzene ring substituents is 1. The maximum Gasteiger partial charge on any atom is 0.269 e. The second kappa shape index (κ2) is 7.00. The van der Waals surface area contributed by atoms with Gasteiger partial charge < -0.3 is 10.1 Å². The number of ether oxygens (including phenoxy) is 1. The number of anilines is 1. The second-order valence-electron chi connectivity index (χ2n) is 5.53. The standard InChI is InChI=1S/C19H16N2O4/c1-13(25-16-11-9-15(10-12-16)21(23)24)19(22)20-18-8-4-6-14-5-2-3-7-17(14)18/h2-13H,1H3,(H,20,22)/t13-/m1/s1. The topological polar surface area (TPSA) is 81.5 Å². The van der Waals surface area contributed by atoms with Crippen LogP contribution in [0.3, 0.4) is 0 Å². The van der Waals surface area contributed by atoms with E-state index in [-0.39, 0.29) is 11.6 Å². The van der Waals surface area contributed by atoms with Crippen molar-refractivity contribution < 1.29 is 14.5 Å². The third-order valence-corrected chi connectivity index (χ3v) is 3.78. The van der Waals surface area contributed by atoms with E-state index >= 15 is 0 Å². The van der Waals surface area contributed by atoms with Crippen LogP contribution in [0.2, 0.25) is 0 Å². The van der Waals surface area contributed by atoms with Gasteiger partial charge in [-0.3, -0.25) is 14.9 Å². The Balaban J connectivity index is 1.71. The minimum absolute atomic E-state index is 0.0276. The summed E-state index contributed by atoms with van der Waals surface area (Å²) >= 11 is 0. The summed E-state index contributed by atoms with van der Waals surface area (Å²) in [6, 6.07) is 19.1.